The zero-order valence-corrected chi connectivity index (χ0v) is 25.6. The molecule has 5 nitrogen and oxygen atoms in total. The lowest BCUT2D eigenvalue weighted by Gasteiger charge is -2.18. The summed E-state index contributed by atoms with van der Waals surface area (Å²) in [5, 5.41) is 1.45. The van der Waals surface area contributed by atoms with Gasteiger partial charge in [-0.15, -0.1) is 0 Å². The van der Waals surface area contributed by atoms with Crippen LogP contribution in [-0.4, -0.2) is 27.0 Å². The first-order chi connectivity index (χ1) is 18.1. The average Bonchev–Trinajstić information content (AvgIpc) is 3.38. The molecular weight excluding hydrogens is 630 g/mol. The molecular formula is C29H25BrCl3FN2O3. The number of fused-ring (bicyclic) bond motifs is 1. The lowest BCUT2D eigenvalue weighted by Crippen LogP contribution is -2.22. The molecule has 0 bridgehead atoms. The van der Waals surface area contributed by atoms with Crippen LogP contribution in [0.2, 0.25) is 15.1 Å². The zero-order valence-electron chi connectivity index (χ0n) is 21.8. The van der Waals surface area contributed by atoms with Crippen molar-refractivity contribution < 1.29 is 18.7 Å². The molecule has 0 aliphatic heterocycles. The van der Waals surface area contributed by atoms with Crippen LogP contribution in [0, 0.1) is 0 Å². The monoisotopic (exact) mass is 652 g/mol. The number of alkyl halides is 1. The molecule has 39 heavy (non-hydrogen) atoms. The van der Waals surface area contributed by atoms with Gasteiger partial charge < -0.3 is 9.72 Å². The number of benzene rings is 2. The molecule has 1 N–H and O–H groups in total. The first-order valence-corrected chi connectivity index (χ1v) is 13.8. The Morgan fingerprint density at radius 3 is 2.31 bits per heavy atom. The van der Waals surface area contributed by atoms with Crippen LogP contribution in [0.4, 0.5) is 4.39 Å². The predicted octanol–water partition coefficient (Wildman–Crippen LogP) is 9.61. The van der Waals surface area contributed by atoms with E-state index in [0.717, 1.165) is 0 Å². The number of hydrogen-bond donors (Lipinski definition) is 1. The second kappa shape index (κ2) is 10.8. The highest BCUT2D eigenvalue weighted by molar-refractivity contribution is 9.10. The summed E-state index contributed by atoms with van der Waals surface area (Å²) in [7, 11) is 0. The zero-order chi connectivity index (χ0) is 28.9. The maximum Gasteiger partial charge on any atom is 0.331 e. The Morgan fingerprint density at radius 2 is 1.72 bits per heavy atom. The molecule has 2 heterocycles. The van der Waals surface area contributed by atoms with Crippen molar-refractivity contribution in [2.75, 3.05) is 0 Å². The maximum atomic E-state index is 15.4. The van der Waals surface area contributed by atoms with E-state index >= 15 is 4.39 Å². The third kappa shape index (κ3) is 6.12. The molecule has 0 spiro atoms. The van der Waals surface area contributed by atoms with E-state index in [9.17, 15) is 9.59 Å². The fourth-order valence-corrected chi connectivity index (χ4v) is 5.96. The van der Waals surface area contributed by atoms with Gasteiger partial charge in [-0.05, 0) is 80.4 Å². The molecule has 0 radical (unpaired) electrons. The number of esters is 1. The normalized spacial score (nSPS) is 12.5. The number of carbonyl (C=O) groups is 2. The van der Waals surface area contributed by atoms with Crippen molar-refractivity contribution in [3.63, 3.8) is 0 Å². The fraction of sp³-hybridized carbons (Fsp3) is 0.241. The van der Waals surface area contributed by atoms with Crippen molar-refractivity contribution in [3.05, 3.63) is 85.2 Å². The van der Waals surface area contributed by atoms with Gasteiger partial charge in [0.1, 0.15) is 11.3 Å². The fourth-order valence-electron chi connectivity index (χ4n) is 4.30. The van der Waals surface area contributed by atoms with Crippen molar-refractivity contribution in [3.8, 4) is 11.1 Å². The third-order valence-corrected chi connectivity index (χ3v) is 7.22. The smallest absolute Gasteiger partial charge is 0.331 e. The summed E-state index contributed by atoms with van der Waals surface area (Å²) in [5.74, 6) is -0.993. The topological polar surface area (TPSA) is 64.1 Å². The number of nitrogens with zero attached hydrogens (tertiary/aromatic N) is 1. The quantitative estimate of drug-likeness (QED) is 0.172. The SMILES string of the molecule is CC(C)(C)OC(=O)/C=C/c1cccc2c1c(Br)cn2C(=O)c1c(-c2c(Cl)cc(Cl)cc2Cl)c[nH]c1C(C)(C)F. The average molecular weight is 655 g/mol. The van der Waals surface area contributed by atoms with Crippen molar-refractivity contribution >= 4 is 79.6 Å². The van der Waals surface area contributed by atoms with Crippen LogP contribution in [0.3, 0.4) is 0 Å². The number of hydrogen-bond acceptors (Lipinski definition) is 3. The Balaban J connectivity index is 1.88. The van der Waals surface area contributed by atoms with Crippen molar-refractivity contribution in [2.24, 2.45) is 0 Å². The Hall–Kier alpha value is -2.58. The van der Waals surface area contributed by atoms with E-state index in [-0.39, 0.29) is 21.3 Å². The summed E-state index contributed by atoms with van der Waals surface area (Å²) in [6.45, 7) is 8.07. The molecule has 204 valence electrons. The molecule has 0 saturated carbocycles. The molecule has 0 saturated heterocycles. The Bertz CT molecular complexity index is 1620. The number of nitrogens with one attached hydrogen (secondary N) is 1. The van der Waals surface area contributed by atoms with Crippen LogP contribution in [0.5, 0.6) is 0 Å². The van der Waals surface area contributed by atoms with Crippen LogP contribution < -0.4 is 0 Å². The van der Waals surface area contributed by atoms with Gasteiger partial charge in [0, 0.05) is 44.5 Å². The largest absolute Gasteiger partial charge is 0.457 e. The summed E-state index contributed by atoms with van der Waals surface area (Å²) >= 11 is 22.6. The molecule has 4 rings (SSSR count). The van der Waals surface area contributed by atoms with Gasteiger partial charge in [0.15, 0.2) is 0 Å². The van der Waals surface area contributed by atoms with E-state index in [4.69, 9.17) is 39.5 Å². The molecule has 0 fully saturated rings. The molecule has 4 aromatic rings. The maximum absolute atomic E-state index is 15.4. The van der Waals surface area contributed by atoms with Gasteiger partial charge in [-0.3, -0.25) is 9.36 Å². The second-order valence-electron chi connectivity index (χ2n) is 10.4. The molecule has 0 aliphatic carbocycles. The number of rotatable bonds is 5. The highest BCUT2D eigenvalue weighted by Gasteiger charge is 2.33. The van der Waals surface area contributed by atoms with Crippen molar-refractivity contribution in [1.29, 1.82) is 0 Å². The minimum absolute atomic E-state index is 0.0727. The van der Waals surface area contributed by atoms with E-state index in [1.807, 2.05) is 6.07 Å². The van der Waals surface area contributed by atoms with Crippen LogP contribution >= 0.6 is 50.7 Å². The van der Waals surface area contributed by atoms with Gasteiger partial charge in [-0.25, -0.2) is 9.18 Å². The first kappa shape index (κ1) is 29.4. The lowest BCUT2D eigenvalue weighted by molar-refractivity contribution is -0.148. The van der Waals surface area contributed by atoms with Gasteiger partial charge in [-0.1, -0.05) is 46.9 Å². The summed E-state index contributed by atoms with van der Waals surface area (Å²) in [4.78, 5) is 29.3. The molecule has 0 amide bonds. The summed E-state index contributed by atoms with van der Waals surface area (Å²) in [5.41, 5.74) is -0.453. The van der Waals surface area contributed by atoms with Gasteiger partial charge in [-0.2, -0.15) is 0 Å². The van der Waals surface area contributed by atoms with Crippen LogP contribution in [0.1, 0.15) is 56.2 Å². The van der Waals surface area contributed by atoms with E-state index in [1.165, 1.54) is 42.8 Å². The van der Waals surface area contributed by atoms with Gasteiger partial charge in [0.05, 0.1) is 26.8 Å². The van der Waals surface area contributed by atoms with Crippen LogP contribution in [0.15, 0.2) is 53.3 Å². The number of ether oxygens (including phenoxy) is 1. The van der Waals surface area contributed by atoms with Crippen LogP contribution in [-0.2, 0) is 15.2 Å². The Kier molecular flexibility index (Phi) is 8.12. The molecule has 0 atom stereocenters. The predicted molar refractivity (Wildman–Crippen MR) is 160 cm³/mol. The Labute approximate surface area is 249 Å². The van der Waals surface area contributed by atoms with E-state index in [0.29, 0.717) is 37.1 Å². The number of halogens is 5. The minimum atomic E-state index is -1.89. The third-order valence-electron chi connectivity index (χ3n) is 5.80. The van der Waals surface area contributed by atoms with Gasteiger partial charge >= 0.3 is 5.97 Å². The van der Waals surface area contributed by atoms with Gasteiger partial charge in [0.2, 0.25) is 0 Å². The van der Waals surface area contributed by atoms with Gasteiger partial charge in [0.25, 0.3) is 5.91 Å². The number of aromatic amines is 1. The van der Waals surface area contributed by atoms with Crippen LogP contribution in [0.25, 0.3) is 28.1 Å². The molecule has 0 aliphatic rings. The summed E-state index contributed by atoms with van der Waals surface area (Å²) < 4.78 is 22.8. The lowest BCUT2D eigenvalue weighted by atomic mass is 9.96. The number of aromatic nitrogens is 2. The number of carbonyl (C=O) groups excluding carboxylic acids is 2. The van der Waals surface area contributed by atoms with Crippen molar-refractivity contribution in [1.82, 2.24) is 9.55 Å². The van der Waals surface area contributed by atoms with E-state index in [2.05, 4.69) is 20.9 Å². The standard InChI is InChI=1S/C29H25BrCl3FN2O3/c1-28(2,3)39-22(37)10-9-15-7-6-8-21-23(15)18(30)14-36(21)27(38)25-17(13-35-26(25)29(4,5)34)24-19(32)11-16(31)12-20(24)33/h6-14,35H,1-5H3/b10-9+. The Morgan fingerprint density at radius 1 is 1.08 bits per heavy atom. The molecule has 2 aromatic carbocycles. The summed E-state index contributed by atoms with van der Waals surface area (Å²) in [6.07, 6.45) is 6.08. The highest BCUT2D eigenvalue weighted by Crippen LogP contribution is 2.43. The summed E-state index contributed by atoms with van der Waals surface area (Å²) in [6, 6.07) is 8.36. The number of H-pyrrole nitrogens is 1. The van der Waals surface area contributed by atoms with E-state index < -0.39 is 23.1 Å². The van der Waals surface area contributed by atoms with E-state index in [1.54, 1.807) is 45.2 Å². The molecule has 10 heteroatoms. The minimum Gasteiger partial charge on any atom is -0.457 e. The molecule has 0 unspecified atom stereocenters. The highest BCUT2D eigenvalue weighted by atomic mass is 79.9. The molecule has 2 aromatic heterocycles. The first-order valence-electron chi connectivity index (χ1n) is 11.9. The van der Waals surface area contributed by atoms with Crippen molar-refractivity contribution in [2.45, 2.75) is 45.9 Å². The second-order valence-corrected chi connectivity index (χ2v) is 12.5.